The van der Waals surface area contributed by atoms with Gasteiger partial charge in [-0.1, -0.05) is 42.5 Å². The molecule has 0 radical (unpaired) electrons. The number of hydrogen-bond acceptors (Lipinski definition) is 5. The monoisotopic (exact) mass is 405 g/mol. The van der Waals surface area contributed by atoms with E-state index >= 15 is 0 Å². The second-order valence-electron chi connectivity index (χ2n) is 7.72. The first-order chi connectivity index (χ1) is 14.6. The Kier molecular flexibility index (Phi) is 6.14. The molecule has 1 aliphatic carbocycles. The summed E-state index contributed by atoms with van der Waals surface area (Å²) in [6.07, 6.45) is 3.53. The number of oxazole rings is 1. The van der Waals surface area contributed by atoms with Gasteiger partial charge in [-0.2, -0.15) is 0 Å². The molecule has 156 valence electrons. The second-order valence-corrected chi connectivity index (χ2v) is 7.72. The Morgan fingerprint density at radius 3 is 2.73 bits per heavy atom. The average molecular weight is 405 g/mol. The maximum absolute atomic E-state index is 12.3. The van der Waals surface area contributed by atoms with E-state index in [0.29, 0.717) is 30.7 Å². The van der Waals surface area contributed by atoms with Gasteiger partial charge in [0.15, 0.2) is 5.69 Å². The summed E-state index contributed by atoms with van der Waals surface area (Å²) < 4.78 is 11.0. The summed E-state index contributed by atoms with van der Waals surface area (Å²) in [5, 5.41) is 2.95. The number of carbonyl (C=O) groups is 1. The fraction of sp³-hybridized carbons (Fsp3) is 0.333. The molecule has 0 spiro atoms. The van der Waals surface area contributed by atoms with Gasteiger partial charge in [0.25, 0.3) is 5.91 Å². The number of amides is 1. The minimum atomic E-state index is -0.164. The predicted octanol–water partition coefficient (Wildman–Crippen LogP) is 4.34. The standard InChI is InChI=1S/C24H27N3O3/c1-17(19-8-4-3-5-9-19)27(14-18-7-6-10-21(13-18)29-2)15-23-26-22(16-30-23)24(28)25-20-11-12-20/h3-10,13,16-17,20H,11-12,14-15H2,1-2H3,(H,25,28). The molecule has 1 atom stereocenters. The molecule has 2 aromatic carbocycles. The summed E-state index contributed by atoms with van der Waals surface area (Å²) in [5.74, 6) is 1.19. The molecule has 1 unspecified atom stereocenters. The van der Waals surface area contributed by atoms with Gasteiger partial charge in [0, 0.05) is 18.6 Å². The van der Waals surface area contributed by atoms with E-state index in [-0.39, 0.29) is 11.9 Å². The first kappa shape index (κ1) is 20.2. The Morgan fingerprint density at radius 2 is 2.00 bits per heavy atom. The number of benzene rings is 2. The fourth-order valence-electron chi connectivity index (χ4n) is 3.43. The van der Waals surface area contributed by atoms with Crippen LogP contribution in [0.1, 0.15) is 53.3 Å². The van der Waals surface area contributed by atoms with Gasteiger partial charge in [0.05, 0.1) is 13.7 Å². The lowest BCUT2D eigenvalue weighted by Gasteiger charge is -2.28. The molecule has 0 aliphatic heterocycles. The number of methoxy groups -OCH3 is 1. The minimum absolute atomic E-state index is 0.132. The van der Waals surface area contributed by atoms with Crippen molar-refractivity contribution in [1.29, 1.82) is 0 Å². The molecule has 6 heteroatoms. The Morgan fingerprint density at radius 1 is 1.20 bits per heavy atom. The number of carbonyl (C=O) groups excluding carboxylic acids is 1. The van der Waals surface area contributed by atoms with Gasteiger partial charge < -0.3 is 14.5 Å². The molecule has 1 saturated carbocycles. The number of aromatic nitrogens is 1. The van der Waals surface area contributed by atoms with Crippen LogP contribution in [-0.4, -0.2) is 28.9 Å². The third kappa shape index (κ3) is 5.07. The largest absolute Gasteiger partial charge is 0.497 e. The van der Waals surface area contributed by atoms with Crippen molar-refractivity contribution in [3.8, 4) is 5.75 Å². The average Bonchev–Trinajstić information content (AvgIpc) is 3.47. The highest BCUT2D eigenvalue weighted by molar-refractivity contribution is 5.92. The maximum atomic E-state index is 12.3. The Balaban J connectivity index is 1.53. The number of nitrogens with one attached hydrogen (secondary N) is 1. The topological polar surface area (TPSA) is 67.6 Å². The summed E-state index contributed by atoms with van der Waals surface area (Å²) in [4.78, 5) is 19.0. The summed E-state index contributed by atoms with van der Waals surface area (Å²) in [5.41, 5.74) is 2.68. The molecule has 4 rings (SSSR count). The zero-order valence-corrected chi connectivity index (χ0v) is 17.4. The molecule has 3 aromatic rings. The van der Waals surface area contributed by atoms with Gasteiger partial charge in [-0.05, 0) is 43.0 Å². The molecular formula is C24H27N3O3. The van der Waals surface area contributed by atoms with E-state index in [1.54, 1.807) is 7.11 Å². The Hall–Kier alpha value is -3.12. The minimum Gasteiger partial charge on any atom is -0.497 e. The maximum Gasteiger partial charge on any atom is 0.273 e. The van der Waals surface area contributed by atoms with Crippen LogP contribution >= 0.6 is 0 Å². The molecule has 1 heterocycles. The second kappa shape index (κ2) is 9.13. The van der Waals surface area contributed by atoms with E-state index in [1.807, 2.05) is 36.4 Å². The van der Waals surface area contributed by atoms with E-state index in [9.17, 15) is 4.79 Å². The highest BCUT2D eigenvalue weighted by Crippen LogP contribution is 2.26. The van der Waals surface area contributed by atoms with Crippen molar-refractivity contribution in [3.63, 3.8) is 0 Å². The number of ether oxygens (including phenoxy) is 1. The van der Waals surface area contributed by atoms with Crippen LogP contribution in [0.2, 0.25) is 0 Å². The van der Waals surface area contributed by atoms with Crippen LogP contribution in [0.3, 0.4) is 0 Å². The van der Waals surface area contributed by atoms with Crippen molar-refractivity contribution < 1.29 is 13.9 Å². The van der Waals surface area contributed by atoms with E-state index in [2.05, 4.69) is 40.3 Å². The first-order valence-corrected chi connectivity index (χ1v) is 10.3. The van der Waals surface area contributed by atoms with Gasteiger partial charge >= 0.3 is 0 Å². The van der Waals surface area contributed by atoms with Gasteiger partial charge in [0.2, 0.25) is 5.89 Å². The van der Waals surface area contributed by atoms with E-state index in [0.717, 1.165) is 24.2 Å². The predicted molar refractivity (Wildman–Crippen MR) is 114 cm³/mol. The summed E-state index contributed by atoms with van der Waals surface area (Å²) in [7, 11) is 1.67. The number of rotatable bonds is 9. The third-order valence-electron chi connectivity index (χ3n) is 5.38. The van der Waals surface area contributed by atoms with Crippen LogP contribution in [0.15, 0.2) is 65.3 Å². The summed E-state index contributed by atoms with van der Waals surface area (Å²) in [6.45, 7) is 3.35. The molecule has 1 aromatic heterocycles. The van der Waals surface area contributed by atoms with Crippen molar-refractivity contribution in [2.45, 2.75) is 44.9 Å². The van der Waals surface area contributed by atoms with Crippen LogP contribution < -0.4 is 10.1 Å². The molecule has 0 saturated heterocycles. The van der Waals surface area contributed by atoms with Crippen LogP contribution in [0.5, 0.6) is 5.75 Å². The molecule has 1 aliphatic rings. The number of nitrogens with zero attached hydrogens (tertiary/aromatic N) is 2. The normalized spacial score (nSPS) is 14.5. The lowest BCUT2D eigenvalue weighted by Crippen LogP contribution is -2.27. The van der Waals surface area contributed by atoms with Crippen molar-refractivity contribution in [2.24, 2.45) is 0 Å². The molecule has 1 N–H and O–H groups in total. The SMILES string of the molecule is COc1cccc(CN(Cc2nc(C(=O)NC3CC3)co2)C(C)c2ccccc2)c1. The van der Waals surface area contributed by atoms with E-state index in [4.69, 9.17) is 9.15 Å². The quantitative estimate of drug-likeness (QED) is 0.574. The molecular weight excluding hydrogens is 378 g/mol. The van der Waals surface area contributed by atoms with Crippen molar-refractivity contribution >= 4 is 5.91 Å². The fourth-order valence-corrected chi connectivity index (χ4v) is 3.43. The summed E-state index contributed by atoms with van der Waals surface area (Å²) in [6, 6.07) is 18.8. The van der Waals surface area contributed by atoms with Crippen LogP contribution in [0.4, 0.5) is 0 Å². The van der Waals surface area contributed by atoms with Gasteiger partial charge in [-0.15, -0.1) is 0 Å². The highest BCUT2D eigenvalue weighted by Gasteiger charge is 2.26. The highest BCUT2D eigenvalue weighted by atomic mass is 16.5. The van der Waals surface area contributed by atoms with Crippen molar-refractivity contribution in [1.82, 2.24) is 15.2 Å². The van der Waals surface area contributed by atoms with Gasteiger partial charge in [0.1, 0.15) is 12.0 Å². The third-order valence-corrected chi connectivity index (χ3v) is 5.38. The van der Waals surface area contributed by atoms with E-state index < -0.39 is 0 Å². The molecule has 30 heavy (non-hydrogen) atoms. The van der Waals surface area contributed by atoms with Crippen molar-refractivity contribution in [3.05, 3.63) is 83.6 Å². The van der Waals surface area contributed by atoms with Gasteiger partial charge in [-0.25, -0.2) is 4.98 Å². The van der Waals surface area contributed by atoms with Crippen LogP contribution in [0.25, 0.3) is 0 Å². The van der Waals surface area contributed by atoms with Gasteiger partial charge in [-0.3, -0.25) is 9.69 Å². The summed E-state index contributed by atoms with van der Waals surface area (Å²) >= 11 is 0. The lowest BCUT2D eigenvalue weighted by atomic mass is 10.1. The van der Waals surface area contributed by atoms with E-state index in [1.165, 1.54) is 11.8 Å². The van der Waals surface area contributed by atoms with Crippen LogP contribution in [-0.2, 0) is 13.1 Å². The molecule has 0 bridgehead atoms. The van der Waals surface area contributed by atoms with Crippen LogP contribution in [0, 0.1) is 0 Å². The number of hydrogen-bond donors (Lipinski definition) is 1. The molecule has 6 nitrogen and oxygen atoms in total. The molecule has 1 fully saturated rings. The Bertz CT molecular complexity index is 982. The zero-order chi connectivity index (χ0) is 20.9. The lowest BCUT2D eigenvalue weighted by molar-refractivity contribution is 0.0946. The van der Waals surface area contributed by atoms with Crippen molar-refractivity contribution in [2.75, 3.05) is 7.11 Å². The Labute approximate surface area is 176 Å². The first-order valence-electron chi connectivity index (χ1n) is 10.3. The molecule has 1 amide bonds. The smallest absolute Gasteiger partial charge is 0.273 e. The zero-order valence-electron chi connectivity index (χ0n) is 17.4.